The Hall–Kier alpha value is -1.52. The van der Waals surface area contributed by atoms with Crippen molar-refractivity contribution >= 4 is 12.1 Å². The fourth-order valence-electron chi connectivity index (χ4n) is 4.20. The van der Waals surface area contributed by atoms with Gasteiger partial charge in [0.25, 0.3) is 0 Å². The van der Waals surface area contributed by atoms with Gasteiger partial charge in [-0.25, -0.2) is 0 Å². The zero-order chi connectivity index (χ0) is 16.9. The summed E-state index contributed by atoms with van der Waals surface area (Å²) in [7, 11) is 0. The fraction of sp³-hybridized carbons (Fsp3) is 0.600. The summed E-state index contributed by atoms with van der Waals surface area (Å²) in [5.74, 6) is 0.293. The average Bonchev–Trinajstić information content (AvgIpc) is 2.81. The summed E-state index contributed by atoms with van der Waals surface area (Å²) >= 11 is 0. The quantitative estimate of drug-likeness (QED) is 0.543. The van der Waals surface area contributed by atoms with Crippen molar-refractivity contribution < 1.29 is 9.59 Å². The first-order valence-corrected chi connectivity index (χ1v) is 9.17. The van der Waals surface area contributed by atoms with Crippen molar-refractivity contribution in [2.24, 2.45) is 0 Å². The van der Waals surface area contributed by atoms with Crippen molar-refractivity contribution in [3.05, 3.63) is 35.4 Å². The van der Waals surface area contributed by atoms with E-state index in [4.69, 9.17) is 0 Å². The number of piperazine rings is 1. The predicted molar refractivity (Wildman–Crippen MR) is 95.4 cm³/mol. The molecule has 4 heteroatoms. The van der Waals surface area contributed by atoms with Crippen LogP contribution in [0.5, 0.6) is 0 Å². The molecule has 4 nitrogen and oxygen atoms in total. The molecule has 2 aliphatic rings. The predicted octanol–water partition coefficient (Wildman–Crippen LogP) is 2.56. The average molecular weight is 328 g/mol. The third-order valence-electron chi connectivity index (χ3n) is 5.42. The molecule has 1 aromatic carbocycles. The number of likely N-dealkylation sites (tertiary alicyclic amines) is 1. The highest BCUT2D eigenvalue weighted by Crippen LogP contribution is 2.29. The maximum atomic E-state index is 11.4. The van der Waals surface area contributed by atoms with E-state index in [0.717, 1.165) is 37.9 Å². The fourth-order valence-corrected chi connectivity index (χ4v) is 4.20. The van der Waals surface area contributed by atoms with Gasteiger partial charge in [0.05, 0.1) is 6.54 Å². The molecule has 0 amide bonds. The molecule has 2 bridgehead atoms. The van der Waals surface area contributed by atoms with Crippen LogP contribution in [-0.4, -0.2) is 60.1 Å². The van der Waals surface area contributed by atoms with E-state index in [0.29, 0.717) is 24.4 Å². The van der Waals surface area contributed by atoms with Crippen molar-refractivity contribution in [3.63, 3.8) is 0 Å². The van der Waals surface area contributed by atoms with Crippen LogP contribution in [0.3, 0.4) is 0 Å². The molecule has 2 unspecified atom stereocenters. The van der Waals surface area contributed by atoms with Gasteiger partial charge in [-0.15, -0.1) is 0 Å². The number of fused-ring (bicyclic) bond motifs is 2. The Kier molecular flexibility index (Phi) is 5.80. The van der Waals surface area contributed by atoms with Gasteiger partial charge in [0.15, 0.2) is 0 Å². The summed E-state index contributed by atoms with van der Waals surface area (Å²) in [6, 6.07) is 9.09. The van der Waals surface area contributed by atoms with Crippen LogP contribution in [0.2, 0.25) is 0 Å². The van der Waals surface area contributed by atoms with E-state index in [1.807, 2.05) is 12.1 Å². The normalized spacial score (nSPS) is 24.2. The number of rotatable bonds is 8. The monoisotopic (exact) mass is 328 g/mol. The van der Waals surface area contributed by atoms with Crippen molar-refractivity contribution in [1.29, 1.82) is 0 Å². The topological polar surface area (TPSA) is 40.6 Å². The zero-order valence-electron chi connectivity index (χ0n) is 14.6. The van der Waals surface area contributed by atoms with E-state index in [-0.39, 0.29) is 0 Å². The molecule has 2 saturated heterocycles. The van der Waals surface area contributed by atoms with Crippen molar-refractivity contribution in [2.75, 3.05) is 26.2 Å². The molecular formula is C20H28N2O2. The minimum absolute atomic E-state index is 0.293. The Morgan fingerprint density at radius 2 is 1.79 bits per heavy atom. The van der Waals surface area contributed by atoms with Gasteiger partial charge in [-0.3, -0.25) is 14.5 Å². The van der Waals surface area contributed by atoms with Crippen molar-refractivity contribution in [1.82, 2.24) is 9.80 Å². The molecule has 3 rings (SSSR count). The second-order valence-electron chi connectivity index (χ2n) is 7.34. The number of benzene rings is 1. The number of carbonyl (C=O) groups is 2. The molecule has 0 spiro atoms. The second-order valence-corrected chi connectivity index (χ2v) is 7.34. The standard InChI is InChI=1S/C20H28N2O2/c1-16(24)12-22-19-9-10-20(22)14-21(13-19)11-3-2-4-17-5-7-18(15-23)8-6-17/h5-8,15,19-20H,2-4,9-14H2,1H3. The van der Waals surface area contributed by atoms with Crippen LogP contribution in [0, 0.1) is 0 Å². The number of unbranched alkanes of at least 4 members (excludes halogenated alkanes) is 1. The van der Waals surface area contributed by atoms with E-state index in [9.17, 15) is 9.59 Å². The maximum absolute atomic E-state index is 11.4. The van der Waals surface area contributed by atoms with Crippen LogP contribution in [0.4, 0.5) is 0 Å². The van der Waals surface area contributed by atoms with Gasteiger partial charge in [-0.2, -0.15) is 0 Å². The van der Waals surface area contributed by atoms with Crippen LogP contribution < -0.4 is 0 Å². The number of hydrogen-bond acceptors (Lipinski definition) is 4. The SMILES string of the molecule is CC(=O)CN1C2CCC1CN(CCCCc1ccc(C=O)cc1)C2. The van der Waals surface area contributed by atoms with Gasteiger partial charge in [0.2, 0.25) is 0 Å². The molecule has 0 aromatic heterocycles. The van der Waals surface area contributed by atoms with Crippen LogP contribution in [0.1, 0.15) is 48.5 Å². The minimum atomic E-state index is 0.293. The zero-order valence-corrected chi connectivity index (χ0v) is 14.6. The van der Waals surface area contributed by atoms with Gasteiger partial charge in [0, 0.05) is 30.7 Å². The summed E-state index contributed by atoms with van der Waals surface area (Å²) < 4.78 is 0. The summed E-state index contributed by atoms with van der Waals surface area (Å²) in [4.78, 5) is 27.1. The smallest absolute Gasteiger partial charge is 0.150 e. The molecule has 24 heavy (non-hydrogen) atoms. The molecular weight excluding hydrogens is 300 g/mol. The number of carbonyl (C=O) groups excluding carboxylic acids is 2. The first-order chi connectivity index (χ1) is 11.7. The van der Waals surface area contributed by atoms with Crippen LogP contribution in [-0.2, 0) is 11.2 Å². The lowest BCUT2D eigenvalue weighted by Crippen LogP contribution is -2.54. The number of Topliss-reactive ketones (excluding diaryl/α,β-unsaturated/α-hetero) is 1. The van der Waals surface area contributed by atoms with E-state index >= 15 is 0 Å². The molecule has 0 N–H and O–H groups in total. The highest BCUT2D eigenvalue weighted by molar-refractivity contribution is 5.77. The lowest BCUT2D eigenvalue weighted by atomic mass is 10.1. The largest absolute Gasteiger partial charge is 0.300 e. The van der Waals surface area contributed by atoms with Crippen LogP contribution in [0.25, 0.3) is 0 Å². The van der Waals surface area contributed by atoms with Gasteiger partial charge in [-0.05, 0) is 51.1 Å². The number of aldehydes is 1. The third-order valence-corrected chi connectivity index (χ3v) is 5.42. The molecule has 1 aromatic rings. The summed E-state index contributed by atoms with van der Waals surface area (Å²) in [6.07, 6.45) is 6.86. The first-order valence-electron chi connectivity index (χ1n) is 9.17. The summed E-state index contributed by atoms with van der Waals surface area (Å²) in [6.45, 7) is 5.75. The maximum Gasteiger partial charge on any atom is 0.150 e. The molecule has 2 fully saturated rings. The van der Waals surface area contributed by atoms with Crippen LogP contribution >= 0.6 is 0 Å². The van der Waals surface area contributed by atoms with Gasteiger partial charge in [0.1, 0.15) is 12.1 Å². The molecule has 2 aliphatic heterocycles. The third kappa shape index (κ3) is 4.31. The summed E-state index contributed by atoms with van der Waals surface area (Å²) in [5.41, 5.74) is 2.06. The van der Waals surface area contributed by atoms with E-state index in [1.54, 1.807) is 6.92 Å². The van der Waals surface area contributed by atoms with Crippen LogP contribution in [0.15, 0.2) is 24.3 Å². The Bertz CT molecular complexity index is 556. The Labute approximate surface area is 144 Å². The first kappa shape index (κ1) is 17.3. The molecule has 0 aliphatic carbocycles. The molecule has 130 valence electrons. The molecule has 0 saturated carbocycles. The Balaban J connectivity index is 1.39. The van der Waals surface area contributed by atoms with Gasteiger partial charge < -0.3 is 4.90 Å². The highest BCUT2D eigenvalue weighted by Gasteiger charge is 2.39. The van der Waals surface area contributed by atoms with E-state index in [1.165, 1.54) is 31.2 Å². The van der Waals surface area contributed by atoms with Crippen molar-refractivity contribution in [3.8, 4) is 0 Å². The minimum Gasteiger partial charge on any atom is -0.300 e. The van der Waals surface area contributed by atoms with Gasteiger partial charge >= 0.3 is 0 Å². The second kappa shape index (κ2) is 8.04. The molecule has 0 radical (unpaired) electrons. The Morgan fingerprint density at radius 3 is 2.38 bits per heavy atom. The lowest BCUT2D eigenvalue weighted by molar-refractivity contribution is -0.119. The number of hydrogen-bond donors (Lipinski definition) is 0. The number of aryl methyl sites for hydroxylation is 1. The molecule has 2 atom stereocenters. The lowest BCUT2D eigenvalue weighted by Gasteiger charge is -2.40. The van der Waals surface area contributed by atoms with Crippen molar-refractivity contribution in [2.45, 2.75) is 51.1 Å². The van der Waals surface area contributed by atoms with Gasteiger partial charge in [-0.1, -0.05) is 24.3 Å². The number of ketones is 1. The summed E-state index contributed by atoms with van der Waals surface area (Å²) in [5, 5.41) is 0. The van der Waals surface area contributed by atoms with E-state index < -0.39 is 0 Å². The Morgan fingerprint density at radius 1 is 1.12 bits per heavy atom. The number of nitrogens with zero attached hydrogens (tertiary/aromatic N) is 2. The van der Waals surface area contributed by atoms with E-state index in [2.05, 4.69) is 21.9 Å². The highest BCUT2D eigenvalue weighted by atomic mass is 16.1. The molecule has 2 heterocycles.